The van der Waals surface area contributed by atoms with Gasteiger partial charge in [0.25, 0.3) is 0 Å². The molecule has 0 heterocycles. The number of carboxylic acid groups (broad SMARTS) is 1. The van der Waals surface area contributed by atoms with Crippen LogP contribution in [0, 0.1) is 0 Å². The van der Waals surface area contributed by atoms with E-state index in [0.717, 1.165) is 23.1 Å². The van der Waals surface area contributed by atoms with E-state index in [1.165, 1.54) is 0 Å². The third-order valence-corrected chi connectivity index (χ3v) is 4.17. The molecular formula is C15H22BrNO4. The number of carbonyl (C=O) groups is 1. The first-order chi connectivity index (χ1) is 9.98. The van der Waals surface area contributed by atoms with Crippen LogP contribution < -0.4 is 9.47 Å². The van der Waals surface area contributed by atoms with E-state index in [0.29, 0.717) is 11.5 Å². The Morgan fingerprint density at radius 2 is 1.76 bits per heavy atom. The molecule has 1 rings (SSSR count). The van der Waals surface area contributed by atoms with Crippen LogP contribution in [-0.2, 0) is 4.79 Å². The van der Waals surface area contributed by atoms with Crippen molar-refractivity contribution in [3.63, 3.8) is 0 Å². The molecule has 0 saturated carbocycles. The summed E-state index contributed by atoms with van der Waals surface area (Å²) in [5, 5.41) is 9.21. The molecule has 0 radical (unpaired) electrons. The highest BCUT2D eigenvalue weighted by Crippen LogP contribution is 2.38. The Hall–Kier alpha value is -1.27. The smallest absolute Gasteiger partial charge is 0.305 e. The summed E-state index contributed by atoms with van der Waals surface area (Å²) < 4.78 is 11.4. The number of carboxylic acids is 1. The van der Waals surface area contributed by atoms with Crippen molar-refractivity contribution in [2.75, 3.05) is 27.3 Å². The summed E-state index contributed by atoms with van der Waals surface area (Å²) in [5.74, 6) is 0.383. The molecule has 5 nitrogen and oxygen atoms in total. The van der Waals surface area contributed by atoms with E-state index >= 15 is 0 Å². The van der Waals surface area contributed by atoms with Crippen molar-refractivity contribution in [1.29, 1.82) is 0 Å². The highest BCUT2D eigenvalue weighted by molar-refractivity contribution is 9.10. The van der Waals surface area contributed by atoms with Gasteiger partial charge in [0.2, 0.25) is 0 Å². The van der Waals surface area contributed by atoms with Gasteiger partial charge in [-0.3, -0.25) is 9.69 Å². The molecule has 0 aliphatic rings. The van der Waals surface area contributed by atoms with Gasteiger partial charge in [-0.2, -0.15) is 0 Å². The van der Waals surface area contributed by atoms with Gasteiger partial charge >= 0.3 is 5.97 Å². The molecule has 21 heavy (non-hydrogen) atoms. The van der Waals surface area contributed by atoms with Crippen LogP contribution in [0.3, 0.4) is 0 Å². The molecule has 0 saturated heterocycles. The molecule has 0 bridgehead atoms. The lowest BCUT2D eigenvalue weighted by molar-refractivity contribution is -0.138. The fraction of sp³-hybridized carbons (Fsp3) is 0.533. The molecule has 1 aromatic rings. The van der Waals surface area contributed by atoms with Crippen LogP contribution in [-0.4, -0.2) is 43.3 Å². The summed E-state index contributed by atoms with van der Waals surface area (Å²) in [7, 11) is 3.14. The van der Waals surface area contributed by atoms with Crippen molar-refractivity contribution in [3.05, 3.63) is 22.2 Å². The topological polar surface area (TPSA) is 59.0 Å². The third-order valence-electron chi connectivity index (χ3n) is 3.48. The average Bonchev–Trinajstić information content (AvgIpc) is 2.46. The minimum Gasteiger partial charge on any atom is -0.493 e. The van der Waals surface area contributed by atoms with Crippen molar-refractivity contribution in [3.8, 4) is 11.5 Å². The van der Waals surface area contributed by atoms with Gasteiger partial charge in [0.05, 0.1) is 20.6 Å². The Labute approximate surface area is 134 Å². The summed E-state index contributed by atoms with van der Waals surface area (Å²) in [4.78, 5) is 13.3. The monoisotopic (exact) mass is 359 g/mol. The highest BCUT2D eigenvalue weighted by Gasteiger charge is 2.25. The van der Waals surface area contributed by atoms with E-state index < -0.39 is 5.97 Å². The maximum Gasteiger partial charge on any atom is 0.305 e. The van der Waals surface area contributed by atoms with Crippen molar-refractivity contribution < 1.29 is 19.4 Å². The molecular weight excluding hydrogens is 338 g/mol. The summed E-state index contributed by atoms with van der Waals surface area (Å²) in [6, 6.07) is 3.44. The number of hydrogen-bond donors (Lipinski definition) is 1. The zero-order valence-electron chi connectivity index (χ0n) is 12.9. The Morgan fingerprint density at radius 1 is 1.24 bits per heavy atom. The van der Waals surface area contributed by atoms with Crippen LogP contribution in [0.4, 0.5) is 0 Å². The maximum absolute atomic E-state index is 11.2. The van der Waals surface area contributed by atoms with Crippen LogP contribution in [0.25, 0.3) is 0 Å². The van der Waals surface area contributed by atoms with E-state index in [1.807, 2.05) is 26.0 Å². The lowest BCUT2D eigenvalue weighted by atomic mass is 10.0. The van der Waals surface area contributed by atoms with Crippen LogP contribution >= 0.6 is 15.9 Å². The first-order valence-corrected chi connectivity index (χ1v) is 7.64. The zero-order chi connectivity index (χ0) is 16.0. The predicted molar refractivity (Wildman–Crippen MR) is 85.2 cm³/mol. The molecule has 0 aromatic heterocycles. The molecule has 1 unspecified atom stereocenters. The average molecular weight is 360 g/mol. The molecule has 0 aliphatic carbocycles. The largest absolute Gasteiger partial charge is 0.493 e. The standard InChI is InChI=1S/C15H22BrNO4/c1-5-17(6-2)12(9-15(18)19)10-7-13(20-3)14(21-4)8-11(10)16/h7-8,12H,5-6,9H2,1-4H3,(H,18,19). The minimum atomic E-state index is -0.825. The Morgan fingerprint density at radius 3 is 2.19 bits per heavy atom. The number of halogens is 1. The van der Waals surface area contributed by atoms with E-state index in [1.54, 1.807) is 14.2 Å². The second-order valence-electron chi connectivity index (χ2n) is 4.56. The number of benzene rings is 1. The first kappa shape index (κ1) is 17.8. The fourth-order valence-corrected chi connectivity index (χ4v) is 2.98. The molecule has 6 heteroatoms. The van der Waals surface area contributed by atoms with Gasteiger partial charge < -0.3 is 14.6 Å². The number of aliphatic carboxylic acids is 1. The van der Waals surface area contributed by atoms with E-state index in [-0.39, 0.29) is 12.5 Å². The van der Waals surface area contributed by atoms with Crippen molar-refractivity contribution in [2.24, 2.45) is 0 Å². The Kier molecular flexibility index (Phi) is 6.98. The number of ether oxygens (including phenoxy) is 2. The molecule has 1 N–H and O–H groups in total. The van der Waals surface area contributed by atoms with E-state index in [9.17, 15) is 9.90 Å². The second-order valence-corrected chi connectivity index (χ2v) is 5.42. The number of rotatable bonds is 8. The lowest BCUT2D eigenvalue weighted by Crippen LogP contribution is -2.30. The molecule has 118 valence electrons. The Balaban J connectivity index is 3.32. The summed E-state index contributed by atoms with van der Waals surface area (Å²) in [6.07, 6.45) is 0.0375. The zero-order valence-corrected chi connectivity index (χ0v) is 14.4. The van der Waals surface area contributed by atoms with Crippen LogP contribution in [0.1, 0.15) is 31.9 Å². The van der Waals surface area contributed by atoms with Crippen molar-refractivity contribution >= 4 is 21.9 Å². The summed E-state index contributed by atoms with van der Waals surface area (Å²) in [5.41, 5.74) is 0.888. The first-order valence-electron chi connectivity index (χ1n) is 6.85. The van der Waals surface area contributed by atoms with Crippen LogP contribution in [0.5, 0.6) is 11.5 Å². The molecule has 1 aromatic carbocycles. The van der Waals surface area contributed by atoms with Gasteiger partial charge in [0, 0.05) is 10.5 Å². The predicted octanol–water partition coefficient (Wildman–Crippen LogP) is 3.32. The number of nitrogens with zero attached hydrogens (tertiary/aromatic N) is 1. The Bertz CT molecular complexity index is 489. The van der Waals surface area contributed by atoms with E-state index in [4.69, 9.17) is 9.47 Å². The van der Waals surface area contributed by atoms with Crippen LogP contribution in [0.2, 0.25) is 0 Å². The SMILES string of the molecule is CCN(CC)C(CC(=O)O)c1cc(OC)c(OC)cc1Br. The quantitative estimate of drug-likeness (QED) is 0.771. The number of hydrogen-bond acceptors (Lipinski definition) is 4. The molecule has 0 fully saturated rings. The molecule has 0 spiro atoms. The molecule has 1 atom stereocenters. The van der Waals surface area contributed by atoms with Gasteiger partial charge in [-0.25, -0.2) is 0 Å². The lowest BCUT2D eigenvalue weighted by Gasteiger charge is -2.30. The number of methoxy groups -OCH3 is 2. The molecule has 0 aliphatic heterocycles. The van der Waals surface area contributed by atoms with E-state index in [2.05, 4.69) is 20.8 Å². The van der Waals surface area contributed by atoms with Crippen molar-refractivity contribution in [2.45, 2.75) is 26.3 Å². The highest BCUT2D eigenvalue weighted by atomic mass is 79.9. The summed E-state index contributed by atoms with van der Waals surface area (Å²) in [6.45, 7) is 5.59. The van der Waals surface area contributed by atoms with Gasteiger partial charge in [-0.1, -0.05) is 29.8 Å². The van der Waals surface area contributed by atoms with Gasteiger partial charge in [0.1, 0.15) is 0 Å². The van der Waals surface area contributed by atoms with Crippen molar-refractivity contribution in [1.82, 2.24) is 4.90 Å². The summed E-state index contributed by atoms with van der Waals surface area (Å²) >= 11 is 3.51. The fourth-order valence-electron chi connectivity index (χ4n) is 2.39. The minimum absolute atomic E-state index is 0.0375. The molecule has 0 amide bonds. The maximum atomic E-state index is 11.2. The van der Waals surface area contributed by atoms with Crippen LogP contribution in [0.15, 0.2) is 16.6 Å². The van der Waals surface area contributed by atoms with Gasteiger partial charge in [-0.15, -0.1) is 0 Å². The van der Waals surface area contributed by atoms with Gasteiger partial charge in [0.15, 0.2) is 11.5 Å². The third kappa shape index (κ3) is 4.35. The second kappa shape index (κ2) is 8.24. The van der Waals surface area contributed by atoms with Gasteiger partial charge in [-0.05, 0) is 30.8 Å². The normalized spacial score (nSPS) is 12.3.